The molecule has 0 spiro atoms. The maximum Gasteiger partial charge on any atom is 0.359 e. The predicted molar refractivity (Wildman–Crippen MR) is 112 cm³/mol. The lowest BCUT2D eigenvalue weighted by Gasteiger charge is -2.14. The summed E-state index contributed by atoms with van der Waals surface area (Å²) in [7, 11) is 0. The fourth-order valence-corrected chi connectivity index (χ4v) is 3.19. The number of hydrogen-bond donors (Lipinski definition) is 1. The van der Waals surface area contributed by atoms with E-state index < -0.39 is 5.97 Å². The Morgan fingerprint density at radius 2 is 1.79 bits per heavy atom. The van der Waals surface area contributed by atoms with Gasteiger partial charge in [0, 0.05) is 17.7 Å². The van der Waals surface area contributed by atoms with Crippen molar-refractivity contribution in [1.29, 1.82) is 0 Å². The molecule has 0 saturated heterocycles. The molecule has 0 aliphatic heterocycles. The topological polar surface area (TPSA) is 78.1 Å². The maximum absolute atomic E-state index is 12.6. The van der Waals surface area contributed by atoms with Crippen molar-refractivity contribution >= 4 is 29.2 Å². The Balaban J connectivity index is 2.21. The molecule has 0 amide bonds. The first-order valence-electron chi connectivity index (χ1n) is 8.75. The van der Waals surface area contributed by atoms with Crippen LogP contribution in [0.4, 0.5) is 0 Å². The largest absolute Gasteiger partial charge is 0.461 e. The van der Waals surface area contributed by atoms with Crippen LogP contribution in [0, 0.1) is 6.92 Å². The first-order valence-corrected chi connectivity index (χ1v) is 9.51. The number of benzene rings is 2. The molecule has 1 heterocycles. The summed E-state index contributed by atoms with van der Waals surface area (Å²) in [6, 6.07) is 12.8. The van der Waals surface area contributed by atoms with Crippen LogP contribution in [0.25, 0.3) is 22.5 Å². The summed E-state index contributed by atoms with van der Waals surface area (Å²) in [6.45, 7) is 4.21. The highest BCUT2D eigenvalue weighted by Gasteiger charge is 2.22. The van der Waals surface area contributed by atoms with E-state index in [0.29, 0.717) is 39.2 Å². The highest BCUT2D eigenvalue weighted by molar-refractivity contribution is 6.43. The molecule has 5 nitrogen and oxygen atoms in total. The second-order valence-corrected chi connectivity index (χ2v) is 6.86. The van der Waals surface area contributed by atoms with Gasteiger partial charge in [0.1, 0.15) is 5.69 Å². The number of halogens is 2. The monoisotopic (exact) mass is 415 g/mol. The molecule has 0 fully saturated rings. The van der Waals surface area contributed by atoms with Crippen molar-refractivity contribution in [3.05, 3.63) is 69.5 Å². The van der Waals surface area contributed by atoms with Crippen LogP contribution in [-0.4, -0.2) is 22.5 Å². The number of carbonyl (C=O) groups is 1. The first-order chi connectivity index (χ1) is 13.5. The zero-order valence-electron chi connectivity index (χ0n) is 15.5. The van der Waals surface area contributed by atoms with Crippen LogP contribution >= 0.6 is 23.2 Å². The third-order valence-corrected chi connectivity index (χ3v) is 5.03. The van der Waals surface area contributed by atoms with E-state index in [1.165, 1.54) is 0 Å². The van der Waals surface area contributed by atoms with Crippen molar-refractivity contribution in [3.63, 3.8) is 0 Å². The summed E-state index contributed by atoms with van der Waals surface area (Å²) in [5.74, 6) is -0.549. The minimum Gasteiger partial charge on any atom is -0.461 e. The van der Waals surface area contributed by atoms with Gasteiger partial charge < -0.3 is 10.5 Å². The number of aryl methyl sites for hydroxylation is 1. The first kappa shape index (κ1) is 20.3. The average molecular weight is 416 g/mol. The predicted octanol–water partition coefficient (Wildman–Crippen LogP) is 5.06. The van der Waals surface area contributed by atoms with Crippen molar-refractivity contribution in [2.75, 3.05) is 6.61 Å². The Bertz CT molecular complexity index is 1020. The summed E-state index contributed by atoms with van der Waals surface area (Å²) < 4.78 is 5.20. The van der Waals surface area contributed by atoms with E-state index in [-0.39, 0.29) is 12.3 Å². The lowest BCUT2D eigenvalue weighted by molar-refractivity contribution is 0.0520. The number of nitrogens with zero attached hydrogens (tertiary/aromatic N) is 2. The second-order valence-electron chi connectivity index (χ2n) is 6.08. The molecule has 3 rings (SSSR count). The normalized spacial score (nSPS) is 10.8. The van der Waals surface area contributed by atoms with Gasteiger partial charge in [0.25, 0.3) is 0 Å². The number of esters is 1. The Hall–Kier alpha value is -2.47. The van der Waals surface area contributed by atoms with Crippen LogP contribution in [-0.2, 0) is 11.3 Å². The Morgan fingerprint density at radius 3 is 2.43 bits per heavy atom. The summed E-state index contributed by atoms with van der Waals surface area (Å²) in [5, 5.41) is 0.760. The summed E-state index contributed by atoms with van der Waals surface area (Å²) in [5.41, 5.74) is 9.68. The fraction of sp³-hybridized carbons (Fsp3) is 0.190. The molecule has 144 valence electrons. The second kappa shape index (κ2) is 8.69. The zero-order valence-corrected chi connectivity index (χ0v) is 17.0. The minimum atomic E-state index is -0.549. The van der Waals surface area contributed by atoms with Crippen LogP contribution in [0.2, 0.25) is 10.0 Å². The van der Waals surface area contributed by atoms with Crippen molar-refractivity contribution in [2.45, 2.75) is 20.4 Å². The summed E-state index contributed by atoms with van der Waals surface area (Å²) in [6.07, 6.45) is 0. The van der Waals surface area contributed by atoms with E-state index in [9.17, 15) is 4.79 Å². The van der Waals surface area contributed by atoms with E-state index in [0.717, 1.165) is 11.1 Å². The molecule has 0 atom stereocenters. The molecular weight excluding hydrogens is 397 g/mol. The molecular formula is C21H19Cl2N3O2. The number of hydrogen-bond acceptors (Lipinski definition) is 5. The maximum atomic E-state index is 12.6. The van der Waals surface area contributed by atoms with E-state index in [4.69, 9.17) is 33.7 Å². The van der Waals surface area contributed by atoms with Crippen molar-refractivity contribution in [3.8, 4) is 22.5 Å². The van der Waals surface area contributed by atoms with Gasteiger partial charge in [-0.3, -0.25) is 0 Å². The lowest BCUT2D eigenvalue weighted by atomic mass is 10.0. The Morgan fingerprint density at radius 1 is 1.07 bits per heavy atom. The van der Waals surface area contributed by atoms with Crippen molar-refractivity contribution in [1.82, 2.24) is 9.97 Å². The quantitative estimate of drug-likeness (QED) is 0.588. The number of ether oxygens (including phenoxy) is 1. The molecule has 0 aliphatic rings. The van der Waals surface area contributed by atoms with Gasteiger partial charge in [0.2, 0.25) is 0 Å². The van der Waals surface area contributed by atoms with Gasteiger partial charge in [-0.2, -0.15) is 0 Å². The van der Waals surface area contributed by atoms with E-state index >= 15 is 0 Å². The molecule has 0 unspecified atom stereocenters. The van der Waals surface area contributed by atoms with Gasteiger partial charge in [-0.05, 0) is 25.5 Å². The van der Waals surface area contributed by atoms with Gasteiger partial charge in [-0.25, -0.2) is 14.8 Å². The van der Waals surface area contributed by atoms with Crippen LogP contribution in [0.3, 0.4) is 0 Å². The third kappa shape index (κ3) is 4.02. The van der Waals surface area contributed by atoms with E-state index in [1.54, 1.807) is 25.1 Å². The summed E-state index contributed by atoms with van der Waals surface area (Å²) >= 11 is 12.5. The Kier molecular flexibility index (Phi) is 6.29. The number of nitrogens with two attached hydrogens (primary N) is 1. The van der Waals surface area contributed by atoms with E-state index in [1.807, 2.05) is 31.2 Å². The highest BCUT2D eigenvalue weighted by atomic mass is 35.5. The van der Waals surface area contributed by atoms with Crippen molar-refractivity contribution in [2.24, 2.45) is 5.73 Å². The molecule has 7 heteroatoms. The van der Waals surface area contributed by atoms with Crippen LogP contribution in [0.15, 0.2) is 42.5 Å². The van der Waals surface area contributed by atoms with Gasteiger partial charge in [0.05, 0.1) is 28.0 Å². The lowest BCUT2D eigenvalue weighted by Crippen LogP contribution is -2.12. The zero-order chi connectivity index (χ0) is 20.3. The molecule has 28 heavy (non-hydrogen) atoms. The van der Waals surface area contributed by atoms with E-state index in [2.05, 4.69) is 9.97 Å². The molecule has 1 aromatic heterocycles. The smallest absolute Gasteiger partial charge is 0.359 e. The highest BCUT2D eigenvalue weighted by Crippen LogP contribution is 2.35. The summed E-state index contributed by atoms with van der Waals surface area (Å²) in [4.78, 5) is 21.8. The number of aromatic nitrogens is 2. The molecule has 0 aliphatic carbocycles. The molecule has 0 saturated carbocycles. The number of carbonyl (C=O) groups excluding carboxylic acids is 1. The van der Waals surface area contributed by atoms with Crippen LogP contribution in [0.1, 0.15) is 28.7 Å². The fourth-order valence-electron chi connectivity index (χ4n) is 2.80. The Labute approximate surface area is 173 Å². The van der Waals surface area contributed by atoms with Gasteiger partial charge in [-0.1, -0.05) is 59.6 Å². The van der Waals surface area contributed by atoms with Gasteiger partial charge in [-0.15, -0.1) is 0 Å². The standard InChI is InChI=1S/C21H19Cl2N3O2/c1-3-28-21(27)20-19(14-9-7-13(11-24)8-10-14)25-12(2)18(26-20)15-5-4-6-16(22)17(15)23/h4-10H,3,11,24H2,1-2H3. The van der Waals surface area contributed by atoms with Crippen molar-refractivity contribution < 1.29 is 9.53 Å². The molecule has 2 aromatic carbocycles. The molecule has 0 radical (unpaired) electrons. The molecule has 0 bridgehead atoms. The molecule has 2 N–H and O–H groups in total. The molecule has 3 aromatic rings. The average Bonchev–Trinajstić information content (AvgIpc) is 2.70. The SMILES string of the molecule is CCOC(=O)c1nc(-c2cccc(Cl)c2Cl)c(C)nc1-c1ccc(CN)cc1. The van der Waals surface area contributed by atoms with Crippen LogP contribution < -0.4 is 5.73 Å². The minimum absolute atomic E-state index is 0.124. The third-order valence-electron chi connectivity index (χ3n) is 4.21. The van der Waals surface area contributed by atoms with Gasteiger partial charge in [0.15, 0.2) is 5.69 Å². The van der Waals surface area contributed by atoms with Gasteiger partial charge >= 0.3 is 5.97 Å². The van der Waals surface area contributed by atoms with Crippen LogP contribution in [0.5, 0.6) is 0 Å². The number of rotatable bonds is 5.